The van der Waals surface area contributed by atoms with Crippen LogP contribution in [-0.4, -0.2) is 26.6 Å². The zero-order valence-electron chi connectivity index (χ0n) is 9.07. The van der Waals surface area contributed by atoms with Crippen molar-refractivity contribution in [2.24, 2.45) is 0 Å². The molecule has 0 N–H and O–H groups in total. The van der Waals surface area contributed by atoms with Crippen molar-refractivity contribution >= 4 is 5.78 Å². The number of rotatable bonds is 5. The van der Waals surface area contributed by atoms with E-state index in [1.807, 2.05) is 0 Å². The van der Waals surface area contributed by atoms with Crippen LogP contribution in [0.15, 0.2) is 18.2 Å². The quantitative estimate of drug-likeness (QED) is 0.741. The van der Waals surface area contributed by atoms with E-state index in [4.69, 9.17) is 14.2 Å². The van der Waals surface area contributed by atoms with Crippen LogP contribution < -0.4 is 14.2 Å². The molecule has 0 unspecified atom stereocenters. The number of hydrogen-bond donors (Lipinski definition) is 0. The van der Waals surface area contributed by atoms with Crippen LogP contribution in [-0.2, 0) is 4.79 Å². The van der Waals surface area contributed by atoms with Gasteiger partial charge in [-0.2, -0.15) is 0 Å². The Morgan fingerprint density at radius 1 is 1.20 bits per heavy atom. The number of carbonyl (C=O) groups excluding carboxylic acids is 1. The van der Waals surface area contributed by atoms with Gasteiger partial charge in [-0.25, -0.2) is 0 Å². The molecule has 4 heteroatoms. The Hall–Kier alpha value is -1.71. The van der Waals surface area contributed by atoms with Crippen molar-refractivity contribution in [3.63, 3.8) is 0 Å². The van der Waals surface area contributed by atoms with Crippen molar-refractivity contribution in [3.05, 3.63) is 18.2 Å². The third-order valence-corrected chi connectivity index (χ3v) is 1.80. The van der Waals surface area contributed by atoms with Crippen molar-refractivity contribution in [1.82, 2.24) is 0 Å². The molecule has 0 radical (unpaired) electrons. The van der Waals surface area contributed by atoms with Crippen LogP contribution in [0.5, 0.6) is 17.2 Å². The minimum atomic E-state index is -0.0418. The lowest BCUT2D eigenvalue weighted by Crippen LogP contribution is -2.07. The summed E-state index contributed by atoms with van der Waals surface area (Å²) in [7, 11) is 3.11. The molecular weight excluding hydrogens is 196 g/mol. The van der Waals surface area contributed by atoms with Gasteiger partial charge in [0.25, 0.3) is 0 Å². The highest BCUT2D eigenvalue weighted by Crippen LogP contribution is 2.30. The predicted molar refractivity (Wildman–Crippen MR) is 55.7 cm³/mol. The van der Waals surface area contributed by atoms with E-state index in [0.717, 1.165) is 0 Å². The molecule has 0 spiro atoms. The highest BCUT2D eigenvalue weighted by atomic mass is 16.5. The van der Waals surface area contributed by atoms with E-state index in [9.17, 15) is 4.79 Å². The van der Waals surface area contributed by atoms with Crippen LogP contribution in [0.25, 0.3) is 0 Å². The van der Waals surface area contributed by atoms with E-state index in [2.05, 4.69) is 0 Å². The van der Waals surface area contributed by atoms with Crippen LogP contribution in [0.1, 0.15) is 6.92 Å². The largest absolute Gasteiger partial charge is 0.497 e. The summed E-state index contributed by atoms with van der Waals surface area (Å²) in [6.07, 6.45) is 0. The maximum Gasteiger partial charge on any atom is 0.167 e. The van der Waals surface area contributed by atoms with Crippen LogP contribution >= 0.6 is 0 Å². The molecule has 0 atom stereocenters. The molecule has 0 aliphatic heterocycles. The zero-order valence-corrected chi connectivity index (χ0v) is 9.07. The summed E-state index contributed by atoms with van der Waals surface area (Å²) < 4.78 is 15.4. The monoisotopic (exact) mass is 210 g/mol. The first-order valence-corrected chi connectivity index (χ1v) is 4.51. The highest BCUT2D eigenvalue weighted by molar-refractivity contribution is 5.77. The number of ether oxygens (including phenoxy) is 3. The Morgan fingerprint density at radius 3 is 2.47 bits per heavy atom. The molecule has 0 amide bonds. The number of benzene rings is 1. The Morgan fingerprint density at radius 2 is 1.93 bits per heavy atom. The predicted octanol–water partition coefficient (Wildman–Crippen LogP) is 1.67. The van der Waals surface area contributed by atoms with Gasteiger partial charge < -0.3 is 14.2 Å². The molecule has 0 bridgehead atoms. The summed E-state index contributed by atoms with van der Waals surface area (Å²) in [6.45, 7) is 1.50. The SMILES string of the molecule is COc1ccc(OC)c(OCC(C)=O)c1. The fourth-order valence-corrected chi connectivity index (χ4v) is 1.08. The van der Waals surface area contributed by atoms with Crippen molar-refractivity contribution in [3.8, 4) is 17.2 Å². The summed E-state index contributed by atoms with van der Waals surface area (Å²) in [5, 5.41) is 0. The smallest absolute Gasteiger partial charge is 0.167 e. The maximum atomic E-state index is 10.8. The molecule has 0 fully saturated rings. The summed E-state index contributed by atoms with van der Waals surface area (Å²) in [4.78, 5) is 10.8. The fourth-order valence-electron chi connectivity index (χ4n) is 1.08. The molecule has 15 heavy (non-hydrogen) atoms. The van der Waals surface area contributed by atoms with Crippen molar-refractivity contribution < 1.29 is 19.0 Å². The Balaban J connectivity index is 2.85. The van der Waals surface area contributed by atoms with Crippen LogP contribution in [0.3, 0.4) is 0 Å². The van der Waals surface area contributed by atoms with Crippen LogP contribution in [0, 0.1) is 0 Å². The molecule has 0 heterocycles. The average Bonchev–Trinajstić information content (AvgIpc) is 2.25. The van der Waals surface area contributed by atoms with Gasteiger partial charge in [0, 0.05) is 6.07 Å². The number of Topliss-reactive ketones (excluding diaryl/α,β-unsaturated/α-hetero) is 1. The van der Waals surface area contributed by atoms with Gasteiger partial charge in [0.05, 0.1) is 14.2 Å². The minimum Gasteiger partial charge on any atom is -0.497 e. The second-order valence-corrected chi connectivity index (χ2v) is 3.01. The molecule has 0 saturated carbocycles. The average molecular weight is 210 g/mol. The molecule has 0 aromatic heterocycles. The zero-order chi connectivity index (χ0) is 11.3. The molecular formula is C11H14O4. The van der Waals surface area contributed by atoms with Gasteiger partial charge in [-0.1, -0.05) is 0 Å². The summed E-state index contributed by atoms with van der Waals surface area (Å²) in [5.74, 6) is 1.71. The second kappa shape index (κ2) is 5.24. The van der Waals surface area contributed by atoms with Gasteiger partial charge in [-0.3, -0.25) is 4.79 Å². The van der Waals surface area contributed by atoms with Crippen molar-refractivity contribution in [2.45, 2.75) is 6.92 Å². The summed E-state index contributed by atoms with van der Waals surface area (Å²) in [6, 6.07) is 5.18. The topological polar surface area (TPSA) is 44.8 Å². The van der Waals surface area contributed by atoms with Gasteiger partial charge in [0.1, 0.15) is 12.4 Å². The van der Waals surface area contributed by atoms with E-state index in [0.29, 0.717) is 17.2 Å². The maximum absolute atomic E-state index is 10.8. The van der Waals surface area contributed by atoms with Crippen LogP contribution in [0.4, 0.5) is 0 Å². The highest BCUT2D eigenvalue weighted by Gasteiger charge is 2.06. The minimum absolute atomic E-state index is 0.0313. The van der Waals surface area contributed by atoms with Gasteiger partial charge in [-0.15, -0.1) is 0 Å². The molecule has 0 aliphatic carbocycles. The molecule has 82 valence electrons. The molecule has 1 aromatic rings. The van der Waals surface area contributed by atoms with E-state index in [1.54, 1.807) is 32.4 Å². The number of hydrogen-bond acceptors (Lipinski definition) is 4. The second-order valence-electron chi connectivity index (χ2n) is 3.01. The van der Waals surface area contributed by atoms with E-state index >= 15 is 0 Å². The molecule has 1 aromatic carbocycles. The van der Waals surface area contributed by atoms with E-state index in [1.165, 1.54) is 6.92 Å². The van der Waals surface area contributed by atoms with Gasteiger partial charge in [0.2, 0.25) is 0 Å². The Kier molecular flexibility index (Phi) is 3.97. The van der Waals surface area contributed by atoms with Crippen molar-refractivity contribution in [2.75, 3.05) is 20.8 Å². The standard InChI is InChI=1S/C11H14O4/c1-8(12)7-15-11-6-9(13-2)4-5-10(11)14-3/h4-6H,7H2,1-3H3. The normalized spacial score (nSPS) is 9.53. The lowest BCUT2D eigenvalue weighted by Gasteiger charge is -2.10. The lowest BCUT2D eigenvalue weighted by atomic mass is 10.3. The third-order valence-electron chi connectivity index (χ3n) is 1.80. The van der Waals surface area contributed by atoms with E-state index in [-0.39, 0.29) is 12.4 Å². The number of carbonyl (C=O) groups is 1. The van der Waals surface area contributed by atoms with Gasteiger partial charge >= 0.3 is 0 Å². The molecule has 0 aliphatic rings. The fraction of sp³-hybridized carbons (Fsp3) is 0.364. The van der Waals surface area contributed by atoms with Gasteiger partial charge in [0.15, 0.2) is 17.3 Å². The number of ketones is 1. The molecule has 1 rings (SSSR count). The first kappa shape index (κ1) is 11.4. The molecule has 4 nitrogen and oxygen atoms in total. The number of methoxy groups -OCH3 is 2. The summed E-state index contributed by atoms with van der Waals surface area (Å²) in [5.41, 5.74) is 0. The van der Waals surface area contributed by atoms with Gasteiger partial charge in [-0.05, 0) is 19.1 Å². The Labute approximate surface area is 88.8 Å². The Bertz CT molecular complexity index is 346. The summed E-state index contributed by atoms with van der Waals surface area (Å²) >= 11 is 0. The van der Waals surface area contributed by atoms with Crippen LogP contribution in [0.2, 0.25) is 0 Å². The molecule has 0 saturated heterocycles. The first-order chi connectivity index (χ1) is 7.17. The first-order valence-electron chi connectivity index (χ1n) is 4.51. The van der Waals surface area contributed by atoms with Crippen molar-refractivity contribution in [1.29, 1.82) is 0 Å². The third kappa shape index (κ3) is 3.16. The van der Waals surface area contributed by atoms with E-state index < -0.39 is 0 Å². The lowest BCUT2D eigenvalue weighted by molar-refractivity contribution is -0.118.